The first-order valence-corrected chi connectivity index (χ1v) is 4.31. The Hall–Kier alpha value is -1.18. The van der Waals surface area contributed by atoms with E-state index in [4.69, 9.17) is 5.73 Å². The topological polar surface area (TPSA) is 46.2 Å². The molecule has 0 unspecified atom stereocenters. The summed E-state index contributed by atoms with van der Waals surface area (Å²) >= 11 is 0. The Morgan fingerprint density at radius 3 is 2.75 bits per heavy atom. The maximum Gasteiger partial charge on any atom is 0.138 e. The van der Waals surface area contributed by atoms with Crippen LogP contribution in [0.25, 0.3) is 0 Å². The van der Waals surface area contributed by atoms with Crippen LogP contribution in [-0.4, -0.2) is 5.11 Å². The SMILES string of the molecule is CCCCc1ccc(N)c(O)c1. The number of aryl methyl sites for hydroxylation is 1. The molecule has 0 saturated carbocycles. The number of phenolic OH excluding ortho intramolecular Hbond substituents is 1. The van der Waals surface area contributed by atoms with Gasteiger partial charge in [-0.1, -0.05) is 19.4 Å². The summed E-state index contributed by atoms with van der Waals surface area (Å²) in [6.45, 7) is 2.15. The number of phenols is 1. The molecule has 0 amide bonds. The van der Waals surface area contributed by atoms with Crippen LogP contribution in [0.15, 0.2) is 18.2 Å². The summed E-state index contributed by atoms with van der Waals surface area (Å²) in [5.74, 6) is 0.198. The van der Waals surface area contributed by atoms with E-state index >= 15 is 0 Å². The Bertz CT molecular complexity index is 258. The van der Waals surface area contributed by atoms with Crippen LogP contribution in [0.5, 0.6) is 5.75 Å². The van der Waals surface area contributed by atoms with E-state index in [1.54, 1.807) is 12.1 Å². The van der Waals surface area contributed by atoms with Crippen molar-refractivity contribution < 1.29 is 5.11 Å². The predicted octanol–water partition coefficient (Wildman–Crippen LogP) is 2.32. The molecule has 0 aromatic heterocycles. The minimum Gasteiger partial charge on any atom is -0.506 e. The number of nitrogens with two attached hydrogens (primary N) is 1. The minimum atomic E-state index is 0.198. The molecule has 0 saturated heterocycles. The van der Waals surface area contributed by atoms with Crippen LogP contribution in [0.4, 0.5) is 5.69 Å². The molecule has 3 N–H and O–H groups in total. The summed E-state index contributed by atoms with van der Waals surface area (Å²) in [7, 11) is 0. The van der Waals surface area contributed by atoms with Gasteiger partial charge in [0.2, 0.25) is 0 Å². The third-order valence-electron chi connectivity index (χ3n) is 1.91. The molecule has 12 heavy (non-hydrogen) atoms. The van der Waals surface area contributed by atoms with Crippen LogP contribution in [0.2, 0.25) is 0 Å². The molecule has 66 valence electrons. The minimum absolute atomic E-state index is 0.198. The summed E-state index contributed by atoms with van der Waals surface area (Å²) in [5.41, 5.74) is 7.08. The molecular weight excluding hydrogens is 150 g/mol. The van der Waals surface area contributed by atoms with Gasteiger partial charge in [0, 0.05) is 0 Å². The van der Waals surface area contributed by atoms with Crippen molar-refractivity contribution >= 4 is 5.69 Å². The molecule has 2 nitrogen and oxygen atoms in total. The van der Waals surface area contributed by atoms with Gasteiger partial charge < -0.3 is 10.8 Å². The zero-order valence-electron chi connectivity index (χ0n) is 7.38. The first-order valence-electron chi connectivity index (χ1n) is 4.31. The third kappa shape index (κ3) is 2.16. The number of nitrogen functional groups attached to an aromatic ring is 1. The smallest absolute Gasteiger partial charge is 0.138 e. The van der Waals surface area contributed by atoms with E-state index in [-0.39, 0.29) is 5.75 Å². The molecule has 0 fully saturated rings. The average Bonchev–Trinajstić information content (AvgIpc) is 2.07. The standard InChI is InChI=1S/C10H15NO/c1-2-3-4-8-5-6-9(11)10(12)7-8/h5-7,12H,2-4,11H2,1H3. The van der Waals surface area contributed by atoms with Crippen molar-refractivity contribution in [2.75, 3.05) is 5.73 Å². The molecule has 0 bridgehead atoms. The van der Waals surface area contributed by atoms with E-state index in [2.05, 4.69) is 6.92 Å². The van der Waals surface area contributed by atoms with Gasteiger partial charge >= 0.3 is 0 Å². The van der Waals surface area contributed by atoms with E-state index in [9.17, 15) is 5.11 Å². The fourth-order valence-electron chi connectivity index (χ4n) is 1.13. The zero-order chi connectivity index (χ0) is 8.97. The highest BCUT2D eigenvalue weighted by Gasteiger charge is 1.97. The number of unbranched alkanes of at least 4 members (excludes halogenated alkanes) is 1. The summed E-state index contributed by atoms with van der Waals surface area (Å²) in [4.78, 5) is 0. The summed E-state index contributed by atoms with van der Waals surface area (Å²) in [6, 6.07) is 5.45. The molecule has 0 atom stereocenters. The van der Waals surface area contributed by atoms with Gasteiger partial charge in [0.05, 0.1) is 5.69 Å². The average molecular weight is 165 g/mol. The first-order chi connectivity index (χ1) is 5.74. The number of rotatable bonds is 3. The molecule has 0 aliphatic heterocycles. The quantitative estimate of drug-likeness (QED) is 0.533. The van der Waals surface area contributed by atoms with E-state index in [1.807, 2.05) is 6.07 Å². The number of hydrogen-bond donors (Lipinski definition) is 2. The lowest BCUT2D eigenvalue weighted by Gasteiger charge is -2.02. The Morgan fingerprint density at radius 2 is 2.17 bits per heavy atom. The number of benzene rings is 1. The van der Waals surface area contributed by atoms with E-state index < -0.39 is 0 Å². The van der Waals surface area contributed by atoms with Gasteiger partial charge in [-0.2, -0.15) is 0 Å². The molecule has 0 aliphatic carbocycles. The zero-order valence-corrected chi connectivity index (χ0v) is 7.38. The molecule has 0 spiro atoms. The van der Waals surface area contributed by atoms with Crippen LogP contribution < -0.4 is 5.73 Å². The summed E-state index contributed by atoms with van der Waals surface area (Å²) < 4.78 is 0. The van der Waals surface area contributed by atoms with Crippen molar-refractivity contribution in [3.05, 3.63) is 23.8 Å². The highest BCUT2D eigenvalue weighted by Crippen LogP contribution is 2.21. The lowest BCUT2D eigenvalue weighted by atomic mass is 10.1. The maximum absolute atomic E-state index is 9.27. The molecule has 1 rings (SSSR count). The maximum atomic E-state index is 9.27. The molecule has 1 aromatic rings. The van der Waals surface area contributed by atoms with Crippen molar-refractivity contribution in [3.8, 4) is 5.75 Å². The molecule has 0 aliphatic rings. The van der Waals surface area contributed by atoms with Crippen molar-refractivity contribution in [1.29, 1.82) is 0 Å². The fourth-order valence-corrected chi connectivity index (χ4v) is 1.13. The van der Waals surface area contributed by atoms with E-state index in [0.717, 1.165) is 18.4 Å². The Morgan fingerprint density at radius 1 is 1.42 bits per heavy atom. The normalized spacial score (nSPS) is 10.1. The molecular formula is C10H15NO. The van der Waals surface area contributed by atoms with Crippen LogP contribution in [0.3, 0.4) is 0 Å². The Balaban J connectivity index is 2.69. The van der Waals surface area contributed by atoms with Gasteiger partial charge in [-0.3, -0.25) is 0 Å². The number of anilines is 1. The summed E-state index contributed by atoms with van der Waals surface area (Å²) in [5, 5.41) is 9.27. The Kier molecular flexibility index (Phi) is 2.97. The van der Waals surface area contributed by atoms with Crippen LogP contribution in [-0.2, 0) is 6.42 Å². The Labute approximate surface area is 73.0 Å². The van der Waals surface area contributed by atoms with Crippen molar-refractivity contribution in [2.24, 2.45) is 0 Å². The van der Waals surface area contributed by atoms with Crippen molar-refractivity contribution in [1.82, 2.24) is 0 Å². The molecule has 1 aromatic carbocycles. The van der Waals surface area contributed by atoms with Gasteiger partial charge in [0.15, 0.2) is 0 Å². The fraction of sp³-hybridized carbons (Fsp3) is 0.400. The third-order valence-corrected chi connectivity index (χ3v) is 1.91. The second-order valence-electron chi connectivity index (χ2n) is 3.00. The van der Waals surface area contributed by atoms with Gasteiger partial charge in [-0.05, 0) is 30.5 Å². The van der Waals surface area contributed by atoms with Crippen LogP contribution in [0.1, 0.15) is 25.3 Å². The first kappa shape index (κ1) is 8.91. The second kappa shape index (κ2) is 4.00. The van der Waals surface area contributed by atoms with Crippen molar-refractivity contribution in [2.45, 2.75) is 26.2 Å². The predicted molar refractivity (Wildman–Crippen MR) is 51.1 cm³/mol. The van der Waals surface area contributed by atoms with E-state index in [1.165, 1.54) is 6.42 Å². The number of aromatic hydroxyl groups is 1. The van der Waals surface area contributed by atoms with Gasteiger partial charge in [0.1, 0.15) is 5.75 Å². The highest BCUT2D eigenvalue weighted by molar-refractivity contribution is 5.52. The van der Waals surface area contributed by atoms with Crippen molar-refractivity contribution in [3.63, 3.8) is 0 Å². The molecule has 0 heterocycles. The molecule has 2 heteroatoms. The number of hydrogen-bond acceptors (Lipinski definition) is 2. The second-order valence-corrected chi connectivity index (χ2v) is 3.00. The van der Waals surface area contributed by atoms with E-state index in [0.29, 0.717) is 5.69 Å². The van der Waals surface area contributed by atoms with Crippen LogP contribution >= 0.6 is 0 Å². The summed E-state index contributed by atoms with van der Waals surface area (Å²) in [6.07, 6.45) is 3.35. The van der Waals surface area contributed by atoms with Gasteiger partial charge in [-0.15, -0.1) is 0 Å². The lowest BCUT2D eigenvalue weighted by molar-refractivity contribution is 0.477. The monoisotopic (exact) mass is 165 g/mol. The lowest BCUT2D eigenvalue weighted by Crippen LogP contribution is -1.88. The largest absolute Gasteiger partial charge is 0.506 e. The van der Waals surface area contributed by atoms with Gasteiger partial charge in [-0.25, -0.2) is 0 Å². The van der Waals surface area contributed by atoms with Gasteiger partial charge in [0.25, 0.3) is 0 Å². The highest BCUT2D eigenvalue weighted by atomic mass is 16.3. The molecule has 0 radical (unpaired) electrons. The van der Waals surface area contributed by atoms with Crippen LogP contribution in [0, 0.1) is 0 Å².